The summed E-state index contributed by atoms with van der Waals surface area (Å²) in [4.78, 5) is 16.1. The summed E-state index contributed by atoms with van der Waals surface area (Å²) in [5, 5.41) is 6.18. The maximum atomic E-state index is 13.6. The van der Waals surface area contributed by atoms with Crippen LogP contribution in [-0.4, -0.2) is 20.7 Å². The zero-order valence-electron chi connectivity index (χ0n) is 13.1. The SMILES string of the molecule is Cc1ccc(-n2ncc(C(=O)Nc3ccncc3)c2C(F)(F)F)cc1. The van der Waals surface area contributed by atoms with Gasteiger partial charge < -0.3 is 5.32 Å². The van der Waals surface area contributed by atoms with Crippen molar-refractivity contribution >= 4 is 11.6 Å². The fourth-order valence-corrected chi connectivity index (χ4v) is 2.30. The molecule has 0 aliphatic rings. The zero-order valence-corrected chi connectivity index (χ0v) is 13.1. The number of alkyl halides is 3. The van der Waals surface area contributed by atoms with Crippen LogP contribution in [0.1, 0.15) is 21.6 Å². The highest BCUT2D eigenvalue weighted by molar-refractivity contribution is 6.05. The molecule has 0 bridgehead atoms. The van der Waals surface area contributed by atoms with E-state index in [1.165, 1.54) is 36.7 Å². The van der Waals surface area contributed by atoms with Crippen molar-refractivity contribution in [3.8, 4) is 5.69 Å². The van der Waals surface area contributed by atoms with Gasteiger partial charge >= 0.3 is 6.18 Å². The van der Waals surface area contributed by atoms with Gasteiger partial charge in [-0.3, -0.25) is 9.78 Å². The van der Waals surface area contributed by atoms with E-state index >= 15 is 0 Å². The van der Waals surface area contributed by atoms with Gasteiger partial charge in [-0.25, -0.2) is 4.68 Å². The van der Waals surface area contributed by atoms with Gasteiger partial charge in [0.1, 0.15) is 0 Å². The third-order valence-corrected chi connectivity index (χ3v) is 3.50. The molecule has 1 N–H and O–H groups in total. The normalized spacial score (nSPS) is 11.4. The molecule has 128 valence electrons. The second-order valence-electron chi connectivity index (χ2n) is 5.34. The number of carbonyl (C=O) groups excluding carboxylic acids is 1. The molecule has 0 aliphatic carbocycles. The van der Waals surface area contributed by atoms with Gasteiger partial charge in [-0.2, -0.15) is 18.3 Å². The van der Waals surface area contributed by atoms with Gasteiger partial charge in [0.15, 0.2) is 5.69 Å². The van der Waals surface area contributed by atoms with Crippen LogP contribution in [0.25, 0.3) is 5.69 Å². The molecule has 0 aliphatic heterocycles. The van der Waals surface area contributed by atoms with E-state index in [-0.39, 0.29) is 5.69 Å². The van der Waals surface area contributed by atoms with Crippen LogP contribution < -0.4 is 5.32 Å². The number of anilines is 1. The lowest BCUT2D eigenvalue weighted by Crippen LogP contribution is -2.20. The predicted octanol–water partition coefficient (Wildman–Crippen LogP) is 3.85. The summed E-state index contributed by atoms with van der Waals surface area (Å²) in [6.45, 7) is 1.82. The van der Waals surface area contributed by atoms with E-state index in [2.05, 4.69) is 15.4 Å². The van der Waals surface area contributed by atoms with E-state index in [1.54, 1.807) is 12.1 Å². The Labute approximate surface area is 141 Å². The minimum Gasteiger partial charge on any atom is -0.322 e. The van der Waals surface area contributed by atoms with Crippen molar-refractivity contribution in [2.45, 2.75) is 13.1 Å². The topological polar surface area (TPSA) is 59.8 Å². The molecule has 3 rings (SSSR count). The number of aromatic nitrogens is 3. The van der Waals surface area contributed by atoms with Gasteiger partial charge in [-0.05, 0) is 31.2 Å². The zero-order chi connectivity index (χ0) is 18.0. The third-order valence-electron chi connectivity index (χ3n) is 3.50. The first-order chi connectivity index (χ1) is 11.9. The van der Waals surface area contributed by atoms with Gasteiger partial charge in [-0.1, -0.05) is 17.7 Å². The van der Waals surface area contributed by atoms with Crippen molar-refractivity contribution in [2.75, 3.05) is 5.32 Å². The number of nitrogens with one attached hydrogen (secondary N) is 1. The number of rotatable bonds is 3. The largest absolute Gasteiger partial charge is 0.434 e. The van der Waals surface area contributed by atoms with Gasteiger partial charge in [-0.15, -0.1) is 0 Å². The summed E-state index contributed by atoms with van der Waals surface area (Å²) < 4.78 is 41.4. The molecule has 0 fully saturated rings. The average molecular weight is 346 g/mol. The van der Waals surface area contributed by atoms with Gasteiger partial charge in [0.2, 0.25) is 0 Å². The molecule has 8 heteroatoms. The number of carbonyl (C=O) groups is 1. The summed E-state index contributed by atoms with van der Waals surface area (Å²) in [6.07, 6.45) is -0.975. The van der Waals surface area contributed by atoms with Crippen LogP contribution in [0.15, 0.2) is 55.0 Å². The second kappa shape index (κ2) is 6.39. The Morgan fingerprint density at radius 3 is 2.32 bits per heavy atom. The van der Waals surface area contributed by atoms with Gasteiger partial charge in [0.25, 0.3) is 5.91 Å². The maximum absolute atomic E-state index is 13.6. The predicted molar refractivity (Wildman–Crippen MR) is 85.5 cm³/mol. The highest BCUT2D eigenvalue weighted by atomic mass is 19.4. The summed E-state index contributed by atoms with van der Waals surface area (Å²) >= 11 is 0. The number of amides is 1. The minimum atomic E-state index is -4.74. The molecule has 1 aromatic carbocycles. The standard InChI is InChI=1S/C17H13F3N4O/c1-11-2-4-13(5-3-11)24-15(17(18,19)20)14(10-22-24)16(25)23-12-6-8-21-9-7-12/h2-10H,1H3,(H,21,23,25). The van der Waals surface area contributed by atoms with Crippen LogP contribution in [0, 0.1) is 6.92 Å². The van der Waals surface area contributed by atoms with Gasteiger partial charge in [0, 0.05) is 18.1 Å². The summed E-state index contributed by atoms with van der Waals surface area (Å²) in [5.41, 5.74) is -0.204. The fraction of sp³-hybridized carbons (Fsp3) is 0.118. The Balaban J connectivity index is 2.03. The number of aryl methyl sites for hydroxylation is 1. The molecule has 2 heterocycles. The van der Waals surface area contributed by atoms with Crippen molar-refractivity contribution < 1.29 is 18.0 Å². The highest BCUT2D eigenvalue weighted by Crippen LogP contribution is 2.34. The first-order valence-electron chi connectivity index (χ1n) is 7.30. The Kier molecular flexibility index (Phi) is 4.26. The summed E-state index contributed by atoms with van der Waals surface area (Å²) in [6, 6.07) is 9.34. The lowest BCUT2D eigenvalue weighted by molar-refractivity contribution is -0.143. The number of pyridine rings is 1. The Morgan fingerprint density at radius 2 is 1.72 bits per heavy atom. The maximum Gasteiger partial charge on any atom is 0.434 e. The van der Waals surface area contributed by atoms with E-state index in [4.69, 9.17) is 0 Å². The molecule has 1 amide bonds. The molecular formula is C17H13F3N4O. The molecule has 25 heavy (non-hydrogen) atoms. The molecule has 2 aromatic heterocycles. The quantitative estimate of drug-likeness (QED) is 0.784. The number of hydrogen-bond donors (Lipinski definition) is 1. The molecule has 0 radical (unpaired) electrons. The van der Waals surface area contributed by atoms with Crippen LogP contribution >= 0.6 is 0 Å². The van der Waals surface area contributed by atoms with E-state index in [0.29, 0.717) is 5.69 Å². The van der Waals surface area contributed by atoms with Crippen molar-refractivity contribution in [1.82, 2.24) is 14.8 Å². The molecule has 5 nitrogen and oxygen atoms in total. The lowest BCUT2D eigenvalue weighted by atomic mass is 10.2. The Hall–Kier alpha value is -3.16. The van der Waals surface area contributed by atoms with Crippen molar-refractivity contribution in [3.05, 3.63) is 71.8 Å². The molecule has 0 unspecified atom stereocenters. The molecule has 0 saturated carbocycles. The molecular weight excluding hydrogens is 333 g/mol. The highest BCUT2D eigenvalue weighted by Gasteiger charge is 2.40. The Morgan fingerprint density at radius 1 is 1.08 bits per heavy atom. The van der Waals surface area contributed by atoms with Crippen LogP contribution in [0.5, 0.6) is 0 Å². The number of nitrogens with zero attached hydrogens (tertiary/aromatic N) is 3. The van der Waals surface area contributed by atoms with E-state index in [0.717, 1.165) is 16.4 Å². The van der Waals surface area contributed by atoms with Crippen molar-refractivity contribution in [2.24, 2.45) is 0 Å². The van der Waals surface area contributed by atoms with Crippen LogP contribution in [0.3, 0.4) is 0 Å². The number of hydrogen-bond acceptors (Lipinski definition) is 3. The van der Waals surface area contributed by atoms with Crippen LogP contribution in [0.2, 0.25) is 0 Å². The first-order valence-corrected chi connectivity index (χ1v) is 7.30. The van der Waals surface area contributed by atoms with Crippen molar-refractivity contribution in [3.63, 3.8) is 0 Å². The summed E-state index contributed by atoms with van der Waals surface area (Å²) in [5.74, 6) is -0.892. The monoisotopic (exact) mass is 346 g/mol. The molecule has 0 spiro atoms. The molecule has 0 atom stereocenters. The lowest BCUT2D eigenvalue weighted by Gasteiger charge is -2.13. The van der Waals surface area contributed by atoms with Gasteiger partial charge in [0.05, 0.1) is 17.4 Å². The second-order valence-corrected chi connectivity index (χ2v) is 5.34. The van der Waals surface area contributed by atoms with Crippen LogP contribution in [0.4, 0.5) is 18.9 Å². The Bertz CT molecular complexity index is 887. The molecule has 0 saturated heterocycles. The average Bonchev–Trinajstić information content (AvgIpc) is 3.02. The first kappa shape index (κ1) is 16.7. The fourth-order valence-electron chi connectivity index (χ4n) is 2.30. The third kappa shape index (κ3) is 3.52. The summed E-state index contributed by atoms with van der Waals surface area (Å²) in [7, 11) is 0. The number of halogens is 3. The minimum absolute atomic E-state index is 0.223. The van der Waals surface area contributed by atoms with E-state index in [9.17, 15) is 18.0 Å². The molecule has 3 aromatic rings. The number of benzene rings is 1. The van der Waals surface area contributed by atoms with Crippen molar-refractivity contribution in [1.29, 1.82) is 0 Å². The van der Waals surface area contributed by atoms with Crippen LogP contribution in [-0.2, 0) is 6.18 Å². The smallest absolute Gasteiger partial charge is 0.322 e. The van der Waals surface area contributed by atoms with E-state index < -0.39 is 23.3 Å². The van der Waals surface area contributed by atoms with E-state index in [1.807, 2.05) is 6.92 Å².